The lowest BCUT2D eigenvalue weighted by Crippen LogP contribution is -2.52. The summed E-state index contributed by atoms with van der Waals surface area (Å²) in [6.07, 6.45) is 2.94. The number of piperidine rings is 1. The maximum Gasteiger partial charge on any atom is 0.407 e. The van der Waals surface area contributed by atoms with E-state index in [1.165, 1.54) is 0 Å². The lowest BCUT2D eigenvalue weighted by atomic mass is 9.77. The average molecular weight is 438 g/mol. The summed E-state index contributed by atoms with van der Waals surface area (Å²) in [5, 5.41) is 15.3. The van der Waals surface area contributed by atoms with Gasteiger partial charge in [0.15, 0.2) is 0 Å². The van der Waals surface area contributed by atoms with E-state index in [9.17, 15) is 9.90 Å². The normalized spacial score (nSPS) is 20.9. The number of rotatable bonds is 4. The van der Waals surface area contributed by atoms with Crippen LogP contribution >= 0.6 is 15.9 Å². The zero-order chi connectivity index (χ0) is 19.8. The third-order valence-electron chi connectivity index (χ3n) is 5.33. The number of amides is 1. The van der Waals surface area contributed by atoms with Crippen LogP contribution in [0.2, 0.25) is 0 Å². The molecule has 0 saturated carbocycles. The number of likely N-dealkylation sites (tertiary alicyclic amines) is 1. The highest BCUT2D eigenvalue weighted by Gasteiger charge is 2.38. The van der Waals surface area contributed by atoms with E-state index in [2.05, 4.69) is 36.7 Å². The zero-order valence-corrected chi connectivity index (χ0v) is 18.0. The molecule has 1 aliphatic heterocycles. The van der Waals surface area contributed by atoms with E-state index in [1.54, 1.807) is 4.90 Å². The first-order chi connectivity index (χ1) is 12.7. The van der Waals surface area contributed by atoms with Gasteiger partial charge in [-0.25, -0.2) is 4.79 Å². The van der Waals surface area contributed by atoms with Gasteiger partial charge < -0.3 is 14.7 Å². The van der Waals surface area contributed by atoms with Crippen LogP contribution in [0, 0.1) is 11.3 Å². The summed E-state index contributed by atoms with van der Waals surface area (Å²) >= 11 is 3.55. The predicted octanol–water partition coefficient (Wildman–Crippen LogP) is 5.00. The summed E-state index contributed by atoms with van der Waals surface area (Å²) < 4.78 is 8.70. The summed E-state index contributed by atoms with van der Waals surface area (Å²) in [6, 6.07) is 3.97. The van der Waals surface area contributed by atoms with Gasteiger partial charge in [-0.3, -0.25) is 4.68 Å². The molecule has 2 heterocycles. The Morgan fingerprint density at radius 3 is 2.78 bits per heavy atom. The molecule has 1 N–H and O–H groups in total. The number of aromatic nitrogens is 2. The number of nitrogens with zero attached hydrogens (tertiary/aromatic N) is 3. The van der Waals surface area contributed by atoms with Crippen LogP contribution in [0.3, 0.4) is 0 Å². The molecular formula is C20H28BrN3O3. The molecule has 0 spiro atoms. The molecule has 0 aliphatic carbocycles. The minimum absolute atomic E-state index is 0.0202. The summed E-state index contributed by atoms with van der Waals surface area (Å²) in [6.45, 7) is 10.3. The molecule has 1 aliphatic rings. The number of hydrogen-bond donors (Lipinski definition) is 1. The van der Waals surface area contributed by atoms with Crippen LogP contribution in [0.5, 0.6) is 5.75 Å². The molecule has 0 radical (unpaired) electrons. The van der Waals surface area contributed by atoms with E-state index < -0.39 is 6.09 Å². The van der Waals surface area contributed by atoms with Gasteiger partial charge in [0, 0.05) is 25.3 Å². The second-order valence-electron chi connectivity index (χ2n) is 8.34. The Kier molecular flexibility index (Phi) is 5.70. The van der Waals surface area contributed by atoms with Crippen LogP contribution in [0.25, 0.3) is 10.9 Å². The molecule has 3 rings (SSSR count). The Labute approximate surface area is 168 Å². The molecule has 1 amide bonds. The summed E-state index contributed by atoms with van der Waals surface area (Å²) in [4.78, 5) is 13.2. The van der Waals surface area contributed by atoms with Gasteiger partial charge in [-0.15, -0.1) is 0 Å². The Balaban J connectivity index is 1.81. The van der Waals surface area contributed by atoms with Gasteiger partial charge in [0.2, 0.25) is 0 Å². The van der Waals surface area contributed by atoms with Crippen LogP contribution in [-0.2, 0) is 6.54 Å². The van der Waals surface area contributed by atoms with Gasteiger partial charge in [0.25, 0.3) is 0 Å². The third-order valence-corrected chi connectivity index (χ3v) is 5.95. The number of ether oxygens (including phenoxy) is 1. The van der Waals surface area contributed by atoms with Crippen molar-refractivity contribution in [3.8, 4) is 5.75 Å². The van der Waals surface area contributed by atoms with Crippen molar-refractivity contribution in [3.05, 3.63) is 22.8 Å². The zero-order valence-electron chi connectivity index (χ0n) is 16.4. The van der Waals surface area contributed by atoms with Gasteiger partial charge >= 0.3 is 6.09 Å². The molecule has 2 atom stereocenters. The number of fused-ring (bicyclic) bond motifs is 1. The fraction of sp³-hybridized carbons (Fsp3) is 0.600. The Bertz CT molecular complexity index is 828. The number of hydrogen-bond acceptors (Lipinski definition) is 3. The van der Waals surface area contributed by atoms with Gasteiger partial charge in [0.05, 0.1) is 22.0 Å². The van der Waals surface area contributed by atoms with Crippen molar-refractivity contribution in [2.24, 2.45) is 11.3 Å². The third kappa shape index (κ3) is 4.23. The minimum atomic E-state index is -0.815. The topological polar surface area (TPSA) is 67.6 Å². The van der Waals surface area contributed by atoms with Crippen LogP contribution in [0.4, 0.5) is 4.79 Å². The number of carbonyl (C=O) groups is 1. The molecule has 0 bridgehead atoms. The monoisotopic (exact) mass is 437 g/mol. The van der Waals surface area contributed by atoms with Crippen molar-refractivity contribution in [2.75, 3.05) is 13.2 Å². The van der Waals surface area contributed by atoms with Crippen molar-refractivity contribution in [2.45, 2.75) is 53.1 Å². The summed E-state index contributed by atoms with van der Waals surface area (Å²) in [7, 11) is 0. The number of carboxylic acid groups (broad SMARTS) is 1. The first kappa shape index (κ1) is 20.0. The Morgan fingerprint density at radius 1 is 1.41 bits per heavy atom. The van der Waals surface area contributed by atoms with Crippen molar-refractivity contribution < 1.29 is 14.6 Å². The van der Waals surface area contributed by atoms with E-state index in [0.717, 1.165) is 40.5 Å². The van der Waals surface area contributed by atoms with E-state index in [-0.39, 0.29) is 11.5 Å². The minimum Gasteiger partial charge on any atom is -0.492 e. The molecule has 1 aromatic heterocycles. The van der Waals surface area contributed by atoms with Crippen LogP contribution < -0.4 is 4.74 Å². The van der Waals surface area contributed by atoms with E-state index in [0.29, 0.717) is 19.1 Å². The Morgan fingerprint density at radius 2 is 2.15 bits per heavy atom. The quantitative estimate of drug-likeness (QED) is 0.730. The summed E-state index contributed by atoms with van der Waals surface area (Å²) in [5.41, 5.74) is 0.829. The molecule has 2 aromatic rings. The maximum atomic E-state index is 11.6. The lowest BCUT2D eigenvalue weighted by Gasteiger charge is -2.44. The van der Waals surface area contributed by atoms with E-state index in [1.807, 2.05) is 29.9 Å². The SMILES string of the molecule is CCOc1c(Br)ccc2nn(CC3CCN(C(=O)O)C(C(C)(C)C)C3)cc12. The average Bonchev–Trinajstić information content (AvgIpc) is 2.99. The van der Waals surface area contributed by atoms with Gasteiger partial charge in [-0.05, 0) is 59.2 Å². The van der Waals surface area contributed by atoms with Crippen LogP contribution in [0.1, 0.15) is 40.5 Å². The molecule has 148 valence electrons. The highest BCUT2D eigenvalue weighted by molar-refractivity contribution is 9.10. The lowest BCUT2D eigenvalue weighted by molar-refractivity contribution is 0.0367. The van der Waals surface area contributed by atoms with Gasteiger partial charge in [-0.1, -0.05) is 20.8 Å². The van der Waals surface area contributed by atoms with E-state index in [4.69, 9.17) is 9.84 Å². The molecule has 7 heteroatoms. The van der Waals surface area contributed by atoms with Crippen molar-refractivity contribution in [1.82, 2.24) is 14.7 Å². The van der Waals surface area contributed by atoms with Crippen molar-refractivity contribution in [3.63, 3.8) is 0 Å². The molecule has 6 nitrogen and oxygen atoms in total. The molecule has 27 heavy (non-hydrogen) atoms. The maximum absolute atomic E-state index is 11.6. The molecule has 1 saturated heterocycles. The number of halogens is 1. The van der Waals surface area contributed by atoms with Crippen LogP contribution in [0.15, 0.2) is 22.8 Å². The highest BCUT2D eigenvalue weighted by atomic mass is 79.9. The molecule has 1 fully saturated rings. The fourth-order valence-corrected chi connectivity index (χ4v) is 4.45. The van der Waals surface area contributed by atoms with Gasteiger partial charge in [0.1, 0.15) is 5.75 Å². The molecule has 1 aromatic carbocycles. The van der Waals surface area contributed by atoms with Gasteiger partial charge in [-0.2, -0.15) is 5.10 Å². The predicted molar refractivity (Wildman–Crippen MR) is 109 cm³/mol. The first-order valence-electron chi connectivity index (χ1n) is 9.48. The number of benzene rings is 1. The molecular weight excluding hydrogens is 410 g/mol. The highest BCUT2D eigenvalue weighted by Crippen LogP contribution is 2.36. The molecule has 2 unspecified atom stereocenters. The summed E-state index contributed by atoms with van der Waals surface area (Å²) in [5.74, 6) is 1.23. The fourth-order valence-electron chi connectivity index (χ4n) is 3.99. The standard InChI is InChI=1S/C20H28BrN3O3/c1-5-27-18-14-12-23(22-16(14)7-6-15(18)21)11-13-8-9-24(19(25)26)17(10-13)20(2,3)4/h6-7,12-13,17H,5,8-11H2,1-4H3,(H,25,26). The second-order valence-corrected chi connectivity index (χ2v) is 9.20. The van der Waals surface area contributed by atoms with Crippen molar-refractivity contribution in [1.29, 1.82) is 0 Å². The van der Waals surface area contributed by atoms with Crippen molar-refractivity contribution >= 4 is 32.9 Å². The smallest absolute Gasteiger partial charge is 0.407 e. The largest absolute Gasteiger partial charge is 0.492 e. The Hall–Kier alpha value is -1.76. The van der Waals surface area contributed by atoms with E-state index >= 15 is 0 Å². The van der Waals surface area contributed by atoms with Crippen LogP contribution in [-0.4, -0.2) is 45.1 Å². The first-order valence-corrected chi connectivity index (χ1v) is 10.3. The second kappa shape index (κ2) is 7.70.